The molecule has 0 unspecified atom stereocenters. The summed E-state index contributed by atoms with van der Waals surface area (Å²) in [6.07, 6.45) is 0. The first-order chi connectivity index (χ1) is 13.9. The van der Waals surface area contributed by atoms with E-state index in [2.05, 4.69) is 10.2 Å². The number of hydrogen-bond acceptors (Lipinski definition) is 6. The van der Waals surface area contributed by atoms with Gasteiger partial charge in [0, 0.05) is 7.05 Å². The monoisotopic (exact) mass is 392 g/mol. The van der Waals surface area contributed by atoms with Crippen LogP contribution in [-0.4, -0.2) is 31.7 Å². The van der Waals surface area contributed by atoms with Crippen LogP contribution in [0.25, 0.3) is 16.7 Å². The number of carbonyl (C=O) groups excluding carboxylic acids is 1. The second-order valence-corrected chi connectivity index (χ2v) is 6.90. The highest BCUT2D eigenvalue weighted by Gasteiger charge is 2.16. The van der Waals surface area contributed by atoms with Crippen LogP contribution in [0.15, 0.2) is 47.3 Å². The maximum atomic E-state index is 12.6. The van der Waals surface area contributed by atoms with Crippen LogP contribution in [0.1, 0.15) is 17.0 Å². The van der Waals surface area contributed by atoms with Crippen LogP contribution in [0.3, 0.4) is 0 Å². The van der Waals surface area contributed by atoms with Gasteiger partial charge in [-0.3, -0.25) is 13.8 Å². The van der Waals surface area contributed by atoms with Crippen molar-refractivity contribution >= 4 is 22.6 Å². The summed E-state index contributed by atoms with van der Waals surface area (Å²) in [5.74, 6) is 0.890. The summed E-state index contributed by atoms with van der Waals surface area (Å²) in [7, 11) is 1.64. The third kappa shape index (κ3) is 3.56. The van der Waals surface area contributed by atoms with E-state index in [-0.39, 0.29) is 18.8 Å². The van der Waals surface area contributed by atoms with Gasteiger partial charge in [-0.1, -0.05) is 23.8 Å². The number of fused-ring (bicyclic) bond motifs is 3. The number of hydrogen-bond donors (Lipinski definition) is 0. The predicted octanol–water partition coefficient (Wildman–Crippen LogP) is 2.32. The minimum atomic E-state index is -0.520. The number of carbonyl (C=O) groups is 1. The molecule has 8 nitrogen and oxygen atoms in total. The number of aromatic nitrogens is 4. The zero-order valence-electron chi connectivity index (χ0n) is 16.4. The smallest absolute Gasteiger partial charge is 0.344 e. The summed E-state index contributed by atoms with van der Waals surface area (Å²) in [6, 6.07) is 13.0. The van der Waals surface area contributed by atoms with Crippen LogP contribution in [0.5, 0.6) is 5.75 Å². The Morgan fingerprint density at radius 3 is 2.66 bits per heavy atom. The van der Waals surface area contributed by atoms with Crippen LogP contribution < -0.4 is 10.3 Å². The van der Waals surface area contributed by atoms with Gasteiger partial charge in [0.05, 0.1) is 10.9 Å². The van der Waals surface area contributed by atoms with Crippen molar-refractivity contribution in [2.45, 2.75) is 20.5 Å². The van der Waals surface area contributed by atoms with Gasteiger partial charge in [0.1, 0.15) is 5.75 Å². The predicted molar refractivity (Wildman–Crippen MR) is 107 cm³/mol. The summed E-state index contributed by atoms with van der Waals surface area (Å²) in [5, 5.41) is 8.74. The van der Waals surface area contributed by atoms with Crippen LogP contribution in [0.4, 0.5) is 0 Å². The molecule has 148 valence electrons. The van der Waals surface area contributed by atoms with Crippen molar-refractivity contribution in [2.75, 3.05) is 6.61 Å². The molecule has 4 rings (SSSR count). The standard InChI is InChI=1S/C21H20N4O4/c1-13-5-4-6-15(9-13)28-12-19(26)29-11-18-22-23-21-24(3)20(27)16-10-14(2)7-8-17(16)25(18)21/h4-10H,11-12H2,1-3H3. The first kappa shape index (κ1) is 18.7. The van der Waals surface area contributed by atoms with E-state index in [1.807, 2.05) is 50.2 Å². The van der Waals surface area contributed by atoms with Gasteiger partial charge in [0.15, 0.2) is 19.0 Å². The summed E-state index contributed by atoms with van der Waals surface area (Å²) in [5.41, 5.74) is 2.53. The average Bonchev–Trinajstić information content (AvgIpc) is 3.13. The van der Waals surface area contributed by atoms with E-state index in [1.54, 1.807) is 17.5 Å². The number of nitrogens with zero attached hydrogens (tertiary/aromatic N) is 4. The highest BCUT2D eigenvalue weighted by atomic mass is 16.6. The zero-order chi connectivity index (χ0) is 20.5. The van der Waals surface area contributed by atoms with Crippen molar-refractivity contribution in [3.05, 3.63) is 69.8 Å². The Labute approximate surface area is 166 Å². The SMILES string of the molecule is Cc1cccc(OCC(=O)OCc2nnc3n(C)c(=O)c4cc(C)ccc4n23)c1. The fraction of sp³-hybridized carbons (Fsp3) is 0.238. The van der Waals surface area contributed by atoms with Gasteiger partial charge < -0.3 is 9.47 Å². The van der Waals surface area contributed by atoms with E-state index in [1.165, 1.54) is 4.57 Å². The van der Waals surface area contributed by atoms with E-state index in [0.29, 0.717) is 28.3 Å². The van der Waals surface area contributed by atoms with Crippen molar-refractivity contribution in [3.63, 3.8) is 0 Å². The van der Waals surface area contributed by atoms with Crippen LogP contribution >= 0.6 is 0 Å². The molecule has 0 spiro atoms. The van der Waals surface area contributed by atoms with Crippen molar-refractivity contribution in [2.24, 2.45) is 7.05 Å². The lowest BCUT2D eigenvalue weighted by molar-refractivity contribution is -0.147. The lowest BCUT2D eigenvalue weighted by Gasteiger charge is -2.09. The quantitative estimate of drug-likeness (QED) is 0.485. The minimum absolute atomic E-state index is 0.0850. The van der Waals surface area contributed by atoms with Gasteiger partial charge in [0.25, 0.3) is 5.56 Å². The van der Waals surface area contributed by atoms with Crippen LogP contribution in [-0.2, 0) is 23.2 Å². The Morgan fingerprint density at radius 1 is 1.07 bits per heavy atom. The fourth-order valence-electron chi connectivity index (χ4n) is 3.19. The molecular formula is C21H20N4O4. The molecule has 0 saturated heterocycles. The van der Waals surface area contributed by atoms with Gasteiger partial charge in [0.2, 0.25) is 5.78 Å². The molecule has 29 heavy (non-hydrogen) atoms. The second-order valence-electron chi connectivity index (χ2n) is 6.90. The van der Waals surface area contributed by atoms with Crippen molar-refractivity contribution in [1.29, 1.82) is 0 Å². The maximum Gasteiger partial charge on any atom is 0.344 e. The number of aryl methyl sites for hydroxylation is 3. The molecule has 0 atom stereocenters. The Hall–Kier alpha value is -3.68. The van der Waals surface area contributed by atoms with Crippen molar-refractivity contribution in [3.8, 4) is 5.75 Å². The molecule has 0 aliphatic carbocycles. The number of esters is 1. The molecule has 0 fully saturated rings. The third-order valence-electron chi connectivity index (χ3n) is 4.65. The first-order valence-corrected chi connectivity index (χ1v) is 9.12. The molecule has 2 heterocycles. The van der Waals surface area contributed by atoms with Crippen LogP contribution in [0.2, 0.25) is 0 Å². The summed E-state index contributed by atoms with van der Waals surface area (Å²) in [4.78, 5) is 24.7. The zero-order valence-corrected chi connectivity index (χ0v) is 16.4. The molecule has 2 aromatic heterocycles. The van der Waals surface area contributed by atoms with Gasteiger partial charge in [-0.15, -0.1) is 10.2 Å². The maximum absolute atomic E-state index is 12.6. The molecule has 0 bridgehead atoms. The highest BCUT2D eigenvalue weighted by molar-refractivity contribution is 5.81. The Morgan fingerprint density at radius 2 is 1.86 bits per heavy atom. The first-order valence-electron chi connectivity index (χ1n) is 9.12. The number of ether oxygens (including phenoxy) is 2. The molecule has 4 aromatic rings. The molecule has 2 aromatic carbocycles. The largest absolute Gasteiger partial charge is 0.482 e. The normalized spacial score (nSPS) is 11.1. The molecule has 0 aliphatic heterocycles. The van der Waals surface area contributed by atoms with Gasteiger partial charge in [-0.25, -0.2) is 4.79 Å². The number of rotatable bonds is 5. The van der Waals surface area contributed by atoms with Crippen molar-refractivity contribution in [1.82, 2.24) is 19.2 Å². The van der Waals surface area contributed by atoms with E-state index >= 15 is 0 Å². The van der Waals surface area contributed by atoms with E-state index < -0.39 is 5.97 Å². The lowest BCUT2D eigenvalue weighted by atomic mass is 10.1. The Balaban J connectivity index is 1.56. The van der Waals surface area contributed by atoms with Gasteiger partial charge in [-0.05, 0) is 43.7 Å². The van der Waals surface area contributed by atoms with E-state index in [4.69, 9.17) is 9.47 Å². The van der Waals surface area contributed by atoms with E-state index in [0.717, 1.165) is 11.1 Å². The molecule has 0 amide bonds. The van der Waals surface area contributed by atoms with E-state index in [9.17, 15) is 9.59 Å². The summed E-state index contributed by atoms with van der Waals surface area (Å²) < 4.78 is 13.9. The summed E-state index contributed by atoms with van der Waals surface area (Å²) >= 11 is 0. The Bertz CT molecular complexity index is 1290. The molecule has 0 aliphatic rings. The molecular weight excluding hydrogens is 372 g/mol. The fourth-order valence-corrected chi connectivity index (χ4v) is 3.19. The van der Waals surface area contributed by atoms with Crippen LogP contribution in [0, 0.1) is 13.8 Å². The lowest BCUT2D eigenvalue weighted by Crippen LogP contribution is -2.21. The Kier molecular flexibility index (Phi) is 4.75. The minimum Gasteiger partial charge on any atom is -0.482 e. The van der Waals surface area contributed by atoms with Gasteiger partial charge in [-0.2, -0.15) is 0 Å². The molecule has 0 radical (unpaired) electrons. The average molecular weight is 392 g/mol. The second kappa shape index (κ2) is 7.38. The van der Waals surface area contributed by atoms with Crippen molar-refractivity contribution < 1.29 is 14.3 Å². The number of benzene rings is 2. The third-order valence-corrected chi connectivity index (χ3v) is 4.65. The summed E-state index contributed by atoms with van der Waals surface area (Å²) in [6.45, 7) is 3.57. The molecule has 8 heteroatoms. The molecule has 0 N–H and O–H groups in total. The topological polar surface area (TPSA) is 87.7 Å². The molecule has 0 saturated carbocycles. The van der Waals surface area contributed by atoms with Gasteiger partial charge >= 0.3 is 5.97 Å². The highest BCUT2D eigenvalue weighted by Crippen LogP contribution is 2.16.